The lowest BCUT2D eigenvalue weighted by Gasteiger charge is -2.22. The molecule has 0 aliphatic heterocycles. The Balaban J connectivity index is 2.09. The van der Waals surface area contributed by atoms with Crippen molar-refractivity contribution in [2.75, 3.05) is 0 Å². The first-order valence-electron chi connectivity index (χ1n) is 7.06. The summed E-state index contributed by atoms with van der Waals surface area (Å²) in [6.45, 7) is 6.71. The van der Waals surface area contributed by atoms with Crippen molar-refractivity contribution in [2.24, 2.45) is 0 Å². The minimum atomic E-state index is 0.161. The average Bonchev–Trinajstić information content (AvgIpc) is 2.91. The van der Waals surface area contributed by atoms with Gasteiger partial charge in [-0.15, -0.1) is 0 Å². The molecular formula is C18H19NO. The maximum absolute atomic E-state index is 5.92. The highest BCUT2D eigenvalue weighted by atomic mass is 16.3. The summed E-state index contributed by atoms with van der Waals surface area (Å²) in [6, 6.07) is 16.3. The zero-order chi connectivity index (χ0) is 14.2. The van der Waals surface area contributed by atoms with Crippen molar-refractivity contribution < 1.29 is 4.42 Å². The number of hydrogen-bond donors (Lipinski definition) is 0. The lowest BCUT2D eigenvalue weighted by atomic mass is 9.82. The number of rotatable bonds is 3. The molecule has 2 nitrogen and oxygen atoms in total. The highest BCUT2D eigenvalue weighted by Crippen LogP contribution is 2.31. The van der Waals surface area contributed by atoms with Gasteiger partial charge >= 0.3 is 0 Å². The first-order valence-corrected chi connectivity index (χ1v) is 7.06. The Labute approximate surface area is 119 Å². The van der Waals surface area contributed by atoms with E-state index < -0.39 is 0 Å². The normalized spacial score (nSPS) is 11.9. The quantitative estimate of drug-likeness (QED) is 0.652. The Kier molecular flexibility index (Phi) is 3.09. The van der Waals surface area contributed by atoms with Gasteiger partial charge in [0.05, 0.1) is 0 Å². The summed E-state index contributed by atoms with van der Waals surface area (Å²) in [4.78, 5) is 4.57. The fraction of sp³-hybridized carbons (Fsp3) is 0.278. The van der Waals surface area contributed by atoms with Crippen LogP contribution < -0.4 is 0 Å². The van der Waals surface area contributed by atoms with Gasteiger partial charge in [-0.1, -0.05) is 45.0 Å². The van der Waals surface area contributed by atoms with Crippen LogP contribution in [0.1, 0.15) is 32.8 Å². The monoisotopic (exact) mass is 265 g/mol. The van der Waals surface area contributed by atoms with Gasteiger partial charge in [-0.25, -0.2) is 4.98 Å². The van der Waals surface area contributed by atoms with Crippen LogP contribution in [0.5, 0.6) is 0 Å². The van der Waals surface area contributed by atoms with Crippen LogP contribution in [0.15, 0.2) is 52.9 Å². The third-order valence-electron chi connectivity index (χ3n) is 4.07. The van der Waals surface area contributed by atoms with Crippen LogP contribution in [-0.2, 0) is 5.41 Å². The van der Waals surface area contributed by atoms with Gasteiger partial charge in [-0.3, -0.25) is 0 Å². The zero-order valence-corrected chi connectivity index (χ0v) is 12.2. The van der Waals surface area contributed by atoms with Crippen LogP contribution in [0.3, 0.4) is 0 Å². The summed E-state index contributed by atoms with van der Waals surface area (Å²) in [5.41, 5.74) is 4.25. The number of fused-ring (bicyclic) bond motifs is 1. The molecule has 0 aliphatic carbocycles. The summed E-state index contributed by atoms with van der Waals surface area (Å²) in [6.07, 6.45) is 1.10. The molecule has 102 valence electrons. The second-order valence-corrected chi connectivity index (χ2v) is 5.80. The van der Waals surface area contributed by atoms with E-state index in [1.165, 1.54) is 5.56 Å². The Hall–Kier alpha value is -2.09. The molecule has 1 aromatic heterocycles. The van der Waals surface area contributed by atoms with E-state index in [0.717, 1.165) is 23.1 Å². The van der Waals surface area contributed by atoms with Gasteiger partial charge in [0, 0.05) is 5.56 Å². The van der Waals surface area contributed by atoms with Crippen molar-refractivity contribution in [3.05, 3.63) is 54.1 Å². The van der Waals surface area contributed by atoms with Crippen molar-refractivity contribution >= 4 is 11.1 Å². The number of benzene rings is 2. The van der Waals surface area contributed by atoms with Crippen LogP contribution in [0.4, 0.5) is 0 Å². The van der Waals surface area contributed by atoms with Gasteiger partial charge in [0.1, 0.15) is 5.52 Å². The van der Waals surface area contributed by atoms with E-state index in [4.69, 9.17) is 4.42 Å². The largest absolute Gasteiger partial charge is 0.436 e. The molecule has 0 spiro atoms. The standard InChI is InChI=1S/C18H19NO/c1-4-18(2,3)14-10-11-15-16(12-14)20-17(19-15)13-8-6-5-7-9-13/h5-12H,4H2,1-3H3. The van der Waals surface area contributed by atoms with Crippen molar-refractivity contribution in [1.29, 1.82) is 0 Å². The minimum absolute atomic E-state index is 0.161. The van der Waals surface area contributed by atoms with E-state index >= 15 is 0 Å². The average molecular weight is 265 g/mol. The molecule has 3 rings (SSSR count). The lowest BCUT2D eigenvalue weighted by Crippen LogP contribution is -2.14. The van der Waals surface area contributed by atoms with E-state index in [1.807, 2.05) is 30.3 Å². The third kappa shape index (κ3) is 2.22. The molecule has 20 heavy (non-hydrogen) atoms. The fourth-order valence-electron chi connectivity index (χ4n) is 2.25. The topological polar surface area (TPSA) is 26.0 Å². The molecular weight excluding hydrogens is 246 g/mol. The van der Waals surface area contributed by atoms with Crippen molar-refractivity contribution in [3.63, 3.8) is 0 Å². The van der Waals surface area contributed by atoms with Crippen molar-refractivity contribution in [2.45, 2.75) is 32.6 Å². The number of oxazole rings is 1. The zero-order valence-electron chi connectivity index (χ0n) is 12.2. The van der Waals surface area contributed by atoms with Crippen molar-refractivity contribution in [3.8, 4) is 11.5 Å². The van der Waals surface area contributed by atoms with Crippen LogP contribution in [0.2, 0.25) is 0 Å². The summed E-state index contributed by atoms with van der Waals surface area (Å²) >= 11 is 0. The summed E-state index contributed by atoms with van der Waals surface area (Å²) in [5.74, 6) is 0.687. The second kappa shape index (κ2) is 4.78. The predicted octanol–water partition coefficient (Wildman–Crippen LogP) is 5.18. The Morgan fingerprint density at radius 3 is 2.50 bits per heavy atom. The van der Waals surface area contributed by atoms with Crippen LogP contribution in [-0.4, -0.2) is 4.98 Å². The van der Waals surface area contributed by atoms with E-state index in [0.29, 0.717) is 5.89 Å². The maximum atomic E-state index is 5.92. The van der Waals surface area contributed by atoms with Gasteiger partial charge in [0.15, 0.2) is 5.58 Å². The molecule has 2 aromatic carbocycles. The summed E-state index contributed by atoms with van der Waals surface area (Å²) in [5, 5.41) is 0. The molecule has 0 amide bonds. The molecule has 0 unspecified atom stereocenters. The Morgan fingerprint density at radius 2 is 1.80 bits per heavy atom. The number of aromatic nitrogens is 1. The first-order chi connectivity index (χ1) is 9.60. The Morgan fingerprint density at radius 1 is 1.05 bits per heavy atom. The molecule has 0 N–H and O–H groups in total. The van der Waals surface area contributed by atoms with Gasteiger partial charge in [-0.05, 0) is 41.7 Å². The SMILES string of the molecule is CCC(C)(C)c1ccc2nc(-c3ccccc3)oc2c1. The second-order valence-electron chi connectivity index (χ2n) is 5.80. The molecule has 0 fully saturated rings. The molecule has 0 bridgehead atoms. The van der Waals surface area contributed by atoms with Crippen LogP contribution in [0, 0.1) is 0 Å². The number of nitrogens with zero attached hydrogens (tertiary/aromatic N) is 1. The van der Waals surface area contributed by atoms with Gasteiger partial charge in [-0.2, -0.15) is 0 Å². The summed E-state index contributed by atoms with van der Waals surface area (Å²) in [7, 11) is 0. The van der Waals surface area contributed by atoms with Crippen molar-refractivity contribution in [1.82, 2.24) is 4.98 Å². The molecule has 3 aromatic rings. The highest BCUT2D eigenvalue weighted by molar-refractivity contribution is 5.77. The van der Waals surface area contributed by atoms with E-state index in [-0.39, 0.29) is 5.41 Å². The molecule has 1 heterocycles. The molecule has 0 atom stereocenters. The molecule has 0 radical (unpaired) electrons. The molecule has 2 heteroatoms. The molecule has 0 aliphatic rings. The Bertz CT molecular complexity index is 726. The predicted molar refractivity (Wildman–Crippen MR) is 82.8 cm³/mol. The lowest BCUT2D eigenvalue weighted by molar-refractivity contribution is 0.505. The molecule has 0 saturated carbocycles. The molecule has 0 saturated heterocycles. The van der Waals surface area contributed by atoms with Crippen LogP contribution in [0.25, 0.3) is 22.6 Å². The maximum Gasteiger partial charge on any atom is 0.227 e. The van der Waals surface area contributed by atoms with Gasteiger partial charge in [0.25, 0.3) is 0 Å². The van der Waals surface area contributed by atoms with E-state index in [1.54, 1.807) is 0 Å². The van der Waals surface area contributed by atoms with Gasteiger partial charge < -0.3 is 4.42 Å². The van der Waals surface area contributed by atoms with Gasteiger partial charge in [0.2, 0.25) is 5.89 Å². The van der Waals surface area contributed by atoms with E-state index in [2.05, 4.69) is 44.0 Å². The smallest absolute Gasteiger partial charge is 0.227 e. The van der Waals surface area contributed by atoms with Crippen LogP contribution >= 0.6 is 0 Å². The first kappa shape index (κ1) is 12.9. The third-order valence-corrected chi connectivity index (χ3v) is 4.07. The fourth-order valence-corrected chi connectivity index (χ4v) is 2.25. The minimum Gasteiger partial charge on any atom is -0.436 e. The van der Waals surface area contributed by atoms with E-state index in [9.17, 15) is 0 Å². The summed E-state index contributed by atoms with van der Waals surface area (Å²) < 4.78 is 5.92. The number of hydrogen-bond acceptors (Lipinski definition) is 2. The highest BCUT2D eigenvalue weighted by Gasteiger charge is 2.19.